The lowest BCUT2D eigenvalue weighted by Gasteiger charge is -2.57. The molecule has 6 rings (SSSR count). The molecule has 0 atom stereocenters. The van der Waals surface area contributed by atoms with Crippen molar-refractivity contribution in [1.82, 2.24) is 10.2 Å². The molecule has 5 heteroatoms. The predicted octanol–water partition coefficient (Wildman–Crippen LogP) is 4.18. The molecule has 1 aromatic rings. The number of benzene rings is 1. The maximum atomic E-state index is 12.9. The Kier molecular flexibility index (Phi) is 5.58. The smallest absolute Gasteiger partial charge is 0.238 e. The lowest BCUT2D eigenvalue weighted by atomic mass is 9.53. The van der Waals surface area contributed by atoms with Gasteiger partial charge in [-0.2, -0.15) is 0 Å². The normalized spacial score (nSPS) is 31.1. The number of carbonyl (C=O) groups is 2. The molecule has 0 unspecified atom stereocenters. The maximum absolute atomic E-state index is 12.9. The molecule has 0 aromatic heterocycles. The van der Waals surface area contributed by atoms with E-state index < -0.39 is 0 Å². The monoisotopic (exact) mass is 423 g/mol. The van der Waals surface area contributed by atoms with Gasteiger partial charge in [0.2, 0.25) is 11.8 Å². The summed E-state index contributed by atoms with van der Waals surface area (Å²) in [5, 5.41) is 6.58. The SMILES string of the molecule is Cc1cccc(C)c1NC(=O)CN(CCC(=O)NC12CC3CC(CC(C3)C1)C2)C1CC1. The van der Waals surface area contributed by atoms with Crippen LogP contribution >= 0.6 is 0 Å². The Balaban J connectivity index is 1.14. The fraction of sp³-hybridized carbons (Fsp3) is 0.692. The second-order valence-electron chi connectivity index (χ2n) is 11.0. The zero-order valence-electron chi connectivity index (χ0n) is 19.1. The second kappa shape index (κ2) is 8.23. The summed E-state index contributed by atoms with van der Waals surface area (Å²) >= 11 is 0. The van der Waals surface area contributed by atoms with Crippen LogP contribution in [0.15, 0.2) is 18.2 Å². The summed E-state index contributed by atoms with van der Waals surface area (Å²) in [5.74, 6) is 2.71. The average Bonchev–Trinajstić information content (AvgIpc) is 3.52. The van der Waals surface area contributed by atoms with Crippen LogP contribution in [0.3, 0.4) is 0 Å². The largest absolute Gasteiger partial charge is 0.351 e. The minimum atomic E-state index is 0.0193. The minimum absolute atomic E-state index is 0.0193. The van der Waals surface area contributed by atoms with E-state index in [1.165, 1.54) is 38.5 Å². The number of amides is 2. The van der Waals surface area contributed by atoms with E-state index in [0.29, 0.717) is 25.6 Å². The zero-order chi connectivity index (χ0) is 21.6. The van der Waals surface area contributed by atoms with Gasteiger partial charge in [0.15, 0.2) is 0 Å². The van der Waals surface area contributed by atoms with Gasteiger partial charge in [0.05, 0.1) is 6.54 Å². The Labute approximate surface area is 186 Å². The van der Waals surface area contributed by atoms with Crippen molar-refractivity contribution in [3.05, 3.63) is 29.3 Å². The molecular weight excluding hydrogens is 386 g/mol. The summed E-state index contributed by atoms with van der Waals surface area (Å²) < 4.78 is 0. The van der Waals surface area contributed by atoms with Gasteiger partial charge >= 0.3 is 0 Å². The highest BCUT2D eigenvalue weighted by molar-refractivity contribution is 5.93. The standard InChI is InChI=1S/C26H37N3O2/c1-17-4-3-5-18(2)25(17)27-24(31)16-29(22-6-7-22)9-8-23(30)28-26-13-19-10-20(14-26)12-21(11-19)15-26/h3-5,19-22H,6-16H2,1-2H3,(H,27,31)(H,28,30). The molecule has 31 heavy (non-hydrogen) atoms. The average molecular weight is 424 g/mol. The van der Waals surface area contributed by atoms with Crippen molar-refractivity contribution in [2.75, 3.05) is 18.4 Å². The second-order valence-corrected chi connectivity index (χ2v) is 11.0. The number of hydrogen-bond donors (Lipinski definition) is 2. The van der Waals surface area contributed by atoms with Crippen LogP contribution in [0.25, 0.3) is 0 Å². The third kappa shape index (κ3) is 4.67. The molecule has 2 amide bonds. The van der Waals surface area contributed by atoms with Gasteiger partial charge in [-0.25, -0.2) is 0 Å². The van der Waals surface area contributed by atoms with Gasteiger partial charge in [0, 0.05) is 30.2 Å². The van der Waals surface area contributed by atoms with E-state index in [1.54, 1.807) is 0 Å². The first-order valence-electron chi connectivity index (χ1n) is 12.3. The highest BCUT2D eigenvalue weighted by Gasteiger charge is 2.51. The van der Waals surface area contributed by atoms with Crippen molar-refractivity contribution in [1.29, 1.82) is 0 Å². The van der Waals surface area contributed by atoms with Crippen LogP contribution in [0, 0.1) is 31.6 Å². The molecule has 0 aliphatic heterocycles. The summed E-state index contributed by atoms with van der Waals surface area (Å²) in [5.41, 5.74) is 3.17. The molecule has 5 aliphatic rings. The summed E-state index contributed by atoms with van der Waals surface area (Å²) in [7, 11) is 0. The van der Waals surface area contributed by atoms with Gasteiger partial charge in [-0.15, -0.1) is 0 Å². The van der Waals surface area contributed by atoms with Gasteiger partial charge in [-0.05, 0) is 94.1 Å². The number of rotatable bonds is 8. The molecule has 5 saturated carbocycles. The van der Waals surface area contributed by atoms with Crippen molar-refractivity contribution in [3.63, 3.8) is 0 Å². The molecule has 0 spiro atoms. The number of carbonyl (C=O) groups excluding carboxylic acids is 2. The van der Waals surface area contributed by atoms with Crippen LogP contribution in [0.4, 0.5) is 5.69 Å². The summed E-state index contributed by atoms with van der Waals surface area (Å²) in [6.07, 6.45) is 10.5. The molecular formula is C26H37N3O2. The molecule has 5 nitrogen and oxygen atoms in total. The highest BCUT2D eigenvalue weighted by Crippen LogP contribution is 2.55. The number of hydrogen-bond acceptors (Lipinski definition) is 3. The first kappa shape index (κ1) is 21.0. The first-order chi connectivity index (χ1) is 14.9. The van der Waals surface area contributed by atoms with Crippen LogP contribution in [-0.4, -0.2) is 41.4 Å². The van der Waals surface area contributed by atoms with Crippen molar-refractivity contribution >= 4 is 17.5 Å². The van der Waals surface area contributed by atoms with E-state index in [1.807, 2.05) is 32.0 Å². The van der Waals surface area contributed by atoms with Crippen LogP contribution in [0.5, 0.6) is 0 Å². The van der Waals surface area contributed by atoms with Crippen molar-refractivity contribution in [3.8, 4) is 0 Å². The van der Waals surface area contributed by atoms with Crippen molar-refractivity contribution in [2.45, 2.75) is 83.2 Å². The van der Waals surface area contributed by atoms with Gasteiger partial charge in [0.25, 0.3) is 0 Å². The Morgan fingerprint density at radius 1 is 0.968 bits per heavy atom. The Hall–Kier alpha value is -1.88. The lowest BCUT2D eigenvalue weighted by molar-refractivity contribution is -0.127. The molecule has 5 fully saturated rings. The Bertz CT molecular complexity index is 805. The third-order valence-electron chi connectivity index (χ3n) is 8.22. The van der Waals surface area contributed by atoms with Crippen LogP contribution in [0.2, 0.25) is 0 Å². The van der Waals surface area contributed by atoms with E-state index in [-0.39, 0.29) is 17.4 Å². The Morgan fingerprint density at radius 3 is 2.10 bits per heavy atom. The highest BCUT2D eigenvalue weighted by atomic mass is 16.2. The number of anilines is 1. The molecule has 5 aliphatic carbocycles. The molecule has 0 heterocycles. The van der Waals surface area contributed by atoms with Gasteiger partial charge in [-0.1, -0.05) is 18.2 Å². The molecule has 4 bridgehead atoms. The summed E-state index contributed by atoms with van der Waals surface area (Å²) in [4.78, 5) is 27.9. The number of nitrogens with one attached hydrogen (secondary N) is 2. The van der Waals surface area contributed by atoms with Crippen LogP contribution in [-0.2, 0) is 9.59 Å². The number of nitrogens with zero attached hydrogens (tertiary/aromatic N) is 1. The third-order valence-corrected chi connectivity index (χ3v) is 8.22. The van der Waals surface area contributed by atoms with E-state index in [4.69, 9.17) is 0 Å². The maximum Gasteiger partial charge on any atom is 0.238 e. The number of para-hydroxylation sites is 1. The van der Waals surface area contributed by atoms with Crippen LogP contribution in [0.1, 0.15) is 68.9 Å². The summed E-state index contributed by atoms with van der Waals surface area (Å²) in [6.45, 7) is 5.08. The topological polar surface area (TPSA) is 61.4 Å². The van der Waals surface area contributed by atoms with E-state index in [0.717, 1.165) is 47.4 Å². The quantitative estimate of drug-likeness (QED) is 0.659. The van der Waals surface area contributed by atoms with Gasteiger partial charge in [0.1, 0.15) is 0 Å². The van der Waals surface area contributed by atoms with E-state index in [9.17, 15) is 9.59 Å². The first-order valence-corrected chi connectivity index (χ1v) is 12.3. The van der Waals surface area contributed by atoms with Gasteiger partial charge < -0.3 is 10.6 Å². The Morgan fingerprint density at radius 2 is 1.55 bits per heavy atom. The van der Waals surface area contributed by atoms with E-state index >= 15 is 0 Å². The van der Waals surface area contributed by atoms with Crippen molar-refractivity contribution < 1.29 is 9.59 Å². The molecule has 168 valence electrons. The minimum Gasteiger partial charge on any atom is -0.351 e. The van der Waals surface area contributed by atoms with Crippen molar-refractivity contribution in [2.24, 2.45) is 17.8 Å². The van der Waals surface area contributed by atoms with Crippen LogP contribution < -0.4 is 10.6 Å². The lowest BCUT2D eigenvalue weighted by Crippen LogP contribution is -2.60. The molecule has 2 N–H and O–H groups in total. The molecule has 0 saturated heterocycles. The fourth-order valence-corrected chi connectivity index (χ4v) is 7.07. The van der Waals surface area contributed by atoms with Gasteiger partial charge in [-0.3, -0.25) is 14.5 Å². The summed E-state index contributed by atoms with van der Waals surface area (Å²) in [6, 6.07) is 6.52. The molecule has 1 aromatic carbocycles. The molecule has 0 radical (unpaired) electrons. The van der Waals surface area contributed by atoms with E-state index in [2.05, 4.69) is 15.5 Å². The predicted molar refractivity (Wildman–Crippen MR) is 123 cm³/mol. The zero-order valence-corrected chi connectivity index (χ0v) is 19.1. The number of aryl methyl sites for hydroxylation is 2. The fourth-order valence-electron chi connectivity index (χ4n) is 7.07.